The van der Waals surface area contributed by atoms with Gasteiger partial charge in [-0.1, -0.05) is 13.0 Å². The zero-order valence-corrected chi connectivity index (χ0v) is 14.4. The van der Waals surface area contributed by atoms with Crippen molar-refractivity contribution in [2.75, 3.05) is 19.7 Å². The lowest BCUT2D eigenvalue weighted by Crippen LogP contribution is -2.38. The minimum Gasteiger partial charge on any atom is -0.478 e. The monoisotopic (exact) mass is 339 g/mol. The molecule has 1 atom stereocenters. The van der Waals surface area contributed by atoms with E-state index in [9.17, 15) is 8.42 Å². The van der Waals surface area contributed by atoms with E-state index in [4.69, 9.17) is 4.74 Å². The Balaban J connectivity index is 1.47. The number of pyridine rings is 1. The van der Waals surface area contributed by atoms with Crippen molar-refractivity contribution < 1.29 is 13.2 Å². The minimum absolute atomic E-state index is 0.0423. The fourth-order valence-corrected chi connectivity index (χ4v) is 4.44. The molecule has 0 radical (unpaired) electrons. The Morgan fingerprint density at radius 3 is 2.83 bits per heavy atom. The largest absolute Gasteiger partial charge is 0.478 e. The molecule has 2 aliphatic rings. The van der Waals surface area contributed by atoms with Crippen LogP contribution < -0.4 is 9.46 Å². The molecule has 3 rings (SSSR count). The minimum atomic E-state index is -3.09. The summed E-state index contributed by atoms with van der Waals surface area (Å²) in [7, 11) is -3.09. The van der Waals surface area contributed by atoms with Crippen LogP contribution in [0.4, 0.5) is 0 Å². The highest BCUT2D eigenvalue weighted by molar-refractivity contribution is 7.90. The normalized spacial score (nSPS) is 22.4. The molecule has 6 nitrogen and oxygen atoms in total. The lowest BCUT2D eigenvalue weighted by Gasteiger charge is -2.17. The van der Waals surface area contributed by atoms with E-state index in [1.54, 1.807) is 0 Å². The van der Waals surface area contributed by atoms with Crippen LogP contribution in [0.3, 0.4) is 0 Å². The molecule has 7 heteroatoms. The molecule has 1 aliphatic carbocycles. The number of nitrogens with zero attached hydrogens (tertiary/aromatic N) is 2. The molecule has 2 fully saturated rings. The van der Waals surface area contributed by atoms with Gasteiger partial charge in [0.05, 0.1) is 11.9 Å². The second-order valence-electron chi connectivity index (χ2n) is 6.44. The lowest BCUT2D eigenvalue weighted by atomic mass is 10.2. The Labute approximate surface area is 138 Å². The summed E-state index contributed by atoms with van der Waals surface area (Å²) in [6.07, 6.45) is 5.30. The molecule has 1 saturated carbocycles. The first-order valence-corrected chi connectivity index (χ1v) is 9.92. The van der Waals surface area contributed by atoms with E-state index < -0.39 is 10.0 Å². The van der Waals surface area contributed by atoms with Crippen LogP contribution >= 0.6 is 0 Å². The Hall–Kier alpha value is -1.18. The molecule has 23 heavy (non-hydrogen) atoms. The van der Waals surface area contributed by atoms with Gasteiger partial charge in [0.2, 0.25) is 15.9 Å². The summed E-state index contributed by atoms with van der Waals surface area (Å²) in [6, 6.07) is 3.97. The average molecular weight is 339 g/mol. The molecule has 0 bridgehead atoms. The molecular weight excluding hydrogens is 314 g/mol. The molecule has 1 aromatic rings. The molecule has 1 N–H and O–H groups in total. The van der Waals surface area contributed by atoms with Gasteiger partial charge in [0.25, 0.3) is 0 Å². The quantitative estimate of drug-likeness (QED) is 0.778. The van der Waals surface area contributed by atoms with Crippen molar-refractivity contribution in [3.8, 4) is 5.88 Å². The van der Waals surface area contributed by atoms with E-state index in [2.05, 4.69) is 21.5 Å². The Morgan fingerprint density at radius 1 is 1.35 bits per heavy atom. The maximum absolute atomic E-state index is 12.0. The maximum Gasteiger partial charge on any atom is 0.214 e. The number of aromatic nitrogens is 1. The summed E-state index contributed by atoms with van der Waals surface area (Å²) >= 11 is 0. The first kappa shape index (κ1) is 16.7. The molecule has 1 unspecified atom stereocenters. The summed E-state index contributed by atoms with van der Waals surface area (Å²) in [5.74, 6) is 0.659. The zero-order valence-electron chi connectivity index (χ0n) is 13.6. The fourth-order valence-electron chi connectivity index (χ4n) is 2.83. The van der Waals surface area contributed by atoms with Crippen molar-refractivity contribution in [2.45, 2.75) is 50.4 Å². The predicted octanol–water partition coefficient (Wildman–Crippen LogP) is 1.53. The molecule has 0 spiro atoms. The van der Waals surface area contributed by atoms with Crippen LogP contribution in [0.15, 0.2) is 18.3 Å². The van der Waals surface area contributed by atoms with E-state index in [-0.39, 0.29) is 11.3 Å². The highest BCUT2D eigenvalue weighted by Gasteiger charge is 2.38. The van der Waals surface area contributed by atoms with E-state index in [0.717, 1.165) is 50.9 Å². The third kappa shape index (κ3) is 4.65. The zero-order chi connectivity index (χ0) is 16.3. The lowest BCUT2D eigenvalue weighted by molar-refractivity contribution is 0.303. The van der Waals surface area contributed by atoms with Gasteiger partial charge in [-0.05, 0) is 31.2 Å². The second kappa shape index (κ2) is 7.15. The van der Waals surface area contributed by atoms with Gasteiger partial charge in [-0.2, -0.15) is 0 Å². The number of hydrogen-bond donors (Lipinski definition) is 1. The SMILES string of the molecule is CCCOc1ccc(CN2CCC(NS(=O)(=O)C3CC3)C2)cn1. The third-order valence-electron chi connectivity index (χ3n) is 4.22. The van der Waals surface area contributed by atoms with Crippen molar-refractivity contribution in [1.82, 2.24) is 14.6 Å². The summed E-state index contributed by atoms with van der Waals surface area (Å²) in [5.41, 5.74) is 1.12. The van der Waals surface area contributed by atoms with Crippen molar-refractivity contribution in [3.63, 3.8) is 0 Å². The Bertz CT molecular complexity index is 614. The van der Waals surface area contributed by atoms with Crippen LogP contribution in [0.5, 0.6) is 5.88 Å². The van der Waals surface area contributed by atoms with Crippen molar-refractivity contribution >= 4 is 10.0 Å². The van der Waals surface area contributed by atoms with Crippen LogP contribution in [-0.4, -0.2) is 49.3 Å². The molecular formula is C16H25N3O3S. The molecule has 128 valence electrons. The van der Waals surface area contributed by atoms with Gasteiger partial charge < -0.3 is 4.74 Å². The number of sulfonamides is 1. The molecule has 1 saturated heterocycles. The molecule has 1 aromatic heterocycles. The maximum atomic E-state index is 12.0. The van der Waals surface area contributed by atoms with E-state index in [1.807, 2.05) is 18.3 Å². The van der Waals surface area contributed by atoms with Crippen LogP contribution in [0.1, 0.15) is 38.2 Å². The van der Waals surface area contributed by atoms with Gasteiger partial charge in [0.1, 0.15) is 0 Å². The van der Waals surface area contributed by atoms with E-state index >= 15 is 0 Å². The summed E-state index contributed by atoms with van der Waals surface area (Å²) in [6.45, 7) is 5.21. The molecule has 0 aromatic carbocycles. The van der Waals surface area contributed by atoms with Gasteiger partial charge in [0, 0.05) is 37.9 Å². The number of rotatable bonds is 8. The van der Waals surface area contributed by atoms with Crippen molar-refractivity contribution in [3.05, 3.63) is 23.9 Å². The van der Waals surface area contributed by atoms with E-state index in [0.29, 0.717) is 12.5 Å². The van der Waals surface area contributed by atoms with Crippen LogP contribution in [0.2, 0.25) is 0 Å². The number of hydrogen-bond acceptors (Lipinski definition) is 5. The molecule has 1 aliphatic heterocycles. The number of ether oxygens (including phenoxy) is 1. The van der Waals surface area contributed by atoms with Crippen molar-refractivity contribution in [2.24, 2.45) is 0 Å². The fraction of sp³-hybridized carbons (Fsp3) is 0.688. The third-order valence-corrected chi connectivity index (χ3v) is 6.24. The predicted molar refractivity (Wildman–Crippen MR) is 88.8 cm³/mol. The smallest absolute Gasteiger partial charge is 0.214 e. The number of likely N-dealkylation sites (tertiary alicyclic amines) is 1. The van der Waals surface area contributed by atoms with Gasteiger partial charge in [-0.15, -0.1) is 0 Å². The first-order chi connectivity index (χ1) is 11.1. The van der Waals surface area contributed by atoms with Gasteiger partial charge in [-0.3, -0.25) is 4.90 Å². The first-order valence-electron chi connectivity index (χ1n) is 8.38. The average Bonchev–Trinajstić information content (AvgIpc) is 3.31. The second-order valence-corrected chi connectivity index (χ2v) is 8.43. The molecule has 2 heterocycles. The highest BCUT2D eigenvalue weighted by Crippen LogP contribution is 2.28. The topological polar surface area (TPSA) is 71.5 Å². The highest BCUT2D eigenvalue weighted by atomic mass is 32.2. The Morgan fingerprint density at radius 2 is 2.17 bits per heavy atom. The Kier molecular flexibility index (Phi) is 5.18. The molecule has 0 amide bonds. The van der Waals surface area contributed by atoms with Crippen LogP contribution in [0.25, 0.3) is 0 Å². The van der Waals surface area contributed by atoms with E-state index in [1.165, 1.54) is 0 Å². The van der Waals surface area contributed by atoms with Crippen LogP contribution in [-0.2, 0) is 16.6 Å². The van der Waals surface area contributed by atoms with Crippen molar-refractivity contribution in [1.29, 1.82) is 0 Å². The van der Waals surface area contributed by atoms with Gasteiger partial charge in [0.15, 0.2) is 0 Å². The summed E-state index contributed by atoms with van der Waals surface area (Å²) in [4.78, 5) is 6.58. The number of nitrogens with one attached hydrogen (secondary N) is 1. The van der Waals surface area contributed by atoms with Gasteiger partial charge in [-0.25, -0.2) is 18.1 Å². The van der Waals surface area contributed by atoms with Gasteiger partial charge >= 0.3 is 0 Å². The van der Waals surface area contributed by atoms with Crippen LogP contribution in [0, 0.1) is 0 Å². The summed E-state index contributed by atoms with van der Waals surface area (Å²) < 4.78 is 32.3. The summed E-state index contributed by atoms with van der Waals surface area (Å²) in [5, 5.41) is -0.142. The standard InChI is InChI=1S/C16H25N3O3S/c1-2-9-22-16-6-3-13(10-17-16)11-19-8-7-14(12-19)18-23(20,21)15-4-5-15/h3,6,10,14-15,18H,2,4-5,7-9,11-12H2,1H3.